The standard InChI is InChI=1S/C20H24FN5O.2ClH/c21-17-5-1-2-6-18(17)24-19-16(4-3-8-23-19)20(27)26-11-7-15(14-26)25-12-9-22-10-13-25;;/h1-6,8,15,22H,7,9-14H2,(H,23,24);2*1H. The number of nitrogens with one attached hydrogen (secondary N) is 2. The summed E-state index contributed by atoms with van der Waals surface area (Å²) in [5.41, 5.74) is 0.784. The molecular weight excluding hydrogens is 416 g/mol. The minimum absolute atomic E-state index is 0. The van der Waals surface area contributed by atoms with Crippen LogP contribution in [0.2, 0.25) is 0 Å². The molecule has 0 spiro atoms. The number of likely N-dealkylation sites (tertiary alicyclic amines) is 1. The Hall–Kier alpha value is -1.93. The highest BCUT2D eigenvalue weighted by Crippen LogP contribution is 2.24. The molecule has 0 saturated carbocycles. The van der Waals surface area contributed by atoms with Crippen molar-refractivity contribution >= 4 is 42.2 Å². The maximum Gasteiger partial charge on any atom is 0.257 e. The zero-order chi connectivity index (χ0) is 18.6. The van der Waals surface area contributed by atoms with Gasteiger partial charge in [0.1, 0.15) is 11.6 Å². The largest absolute Gasteiger partial charge is 0.337 e. The lowest BCUT2D eigenvalue weighted by atomic mass is 10.2. The summed E-state index contributed by atoms with van der Waals surface area (Å²) in [5, 5.41) is 6.33. The molecule has 29 heavy (non-hydrogen) atoms. The van der Waals surface area contributed by atoms with Crippen molar-refractivity contribution in [1.29, 1.82) is 0 Å². The molecule has 1 amide bonds. The average molecular weight is 442 g/mol. The summed E-state index contributed by atoms with van der Waals surface area (Å²) < 4.78 is 14.0. The molecule has 2 aliphatic heterocycles. The molecule has 2 N–H and O–H groups in total. The lowest BCUT2D eigenvalue weighted by Crippen LogP contribution is -2.49. The molecule has 2 saturated heterocycles. The Labute approximate surface area is 182 Å². The van der Waals surface area contributed by atoms with Gasteiger partial charge in [0.05, 0.1) is 11.3 Å². The van der Waals surface area contributed by atoms with Crippen molar-refractivity contribution in [1.82, 2.24) is 20.1 Å². The first kappa shape index (κ1) is 23.3. The molecule has 158 valence electrons. The van der Waals surface area contributed by atoms with E-state index in [1.165, 1.54) is 6.07 Å². The molecule has 0 bridgehead atoms. The number of pyridine rings is 1. The molecule has 2 fully saturated rings. The summed E-state index contributed by atoms with van der Waals surface area (Å²) >= 11 is 0. The third-order valence-corrected chi connectivity index (χ3v) is 5.28. The fourth-order valence-electron chi connectivity index (χ4n) is 3.81. The van der Waals surface area contributed by atoms with Gasteiger partial charge in [0, 0.05) is 51.5 Å². The van der Waals surface area contributed by atoms with Gasteiger partial charge in [-0.15, -0.1) is 24.8 Å². The van der Waals surface area contributed by atoms with Gasteiger partial charge in [-0.1, -0.05) is 12.1 Å². The van der Waals surface area contributed by atoms with Crippen LogP contribution < -0.4 is 10.6 Å². The highest BCUT2D eigenvalue weighted by molar-refractivity contribution is 5.99. The maximum atomic E-state index is 14.0. The van der Waals surface area contributed by atoms with Crippen LogP contribution in [0, 0.1) is 5.82 Å². The predicted octanol–water partition coefficient (Wildman–Crippen LogP) is 2.93. The number of amides is 1. The number of anilines is 2. The summed E-state index contributed by atoms with van der Waals surface area (Å²) in [6, 6.07) is 10.3. The second kappa shape index (κ2) is 10.7. The van der Waals surface area contributed by atoms with Gasteiger partial charge in [-0.25, -0.2) is 9.37 Å². The molecule has 1 aromatic heterocycles. The number of benzene rings is 1. The monoisotopic (exact) mass is 441 g/mol. The number of piperazine rings is 1. The maximum absolute atomic E-state index is 14.0. The molecule has 0 aliphatic carbocycles. The average Bonchev–Trinajstić information content (AvgIpc) is 3.21. The first-order chi connectivity index (χ1) is 13.2. The van der Waals surface area contributed by atoms with E-state index in [0.717, 1.165) is 45.7 Å². The molecule has 0 radical (unpaired) electrons. The van der Waals surface area contributed by atoms with E-state index in [1.807, 2.05) is 4.90 Å². The SMILES string of the molecule is Cl.Cl.O=C(c1cccnc1Nc1ccccc1F)N1CCC(N2CCNCC2)C1. The van der Waals surface area contributed by atoms with Crippen LogP contribution in [0.25, 0.3) is 0 Å². The van der Waals surface area contributed by atoms with Crippen LogP contribution >= 0.6 is 24.8 Å². The van der Waals surface area contributed by atoms with Gasteiger partial charge in [-0.05, 0) is 30.7 Å². The lowest BCUT2D eigenvalue weighted by molar-refractivity contribution is 0.0774. The Kier molecular flexibility index (Phi) is 8.64. The molecule has 4 rings (SSSR count). The summed E-state index contributed by atoms with van der Waals surface area (Å²) in [6.45, 7) is 5.53. The molecule has 3 heterocycles. The Morgan fingerprint density at radius 1 is 1.10 bits per heavy atom. The van der Waals surface area contributed by atoms with Crippen LogP contribution in [0.5, 0.6) is 0 Å². The van der Waals surface area contributed by atoms with Crippen molar-refractivity contribution in [2.45, 2.75) is 12.5 Å². The fourth-order valence-corrected chi connectivity index (χ4v) is 3.81. The molecule has 1 aromatic carbocycles. The molecule has 1 unspecified atom stereocenters. The molecule has 9 heteroatoms. The number of hydrogen-bond acceptors (Lipinski definition) is 5. The zero-order valence-corrected chi connectivity index (χ0v) is 17.6. The highest BCUT2D eigenvalue weighted by atomic mass is 35.5. The summed E-state index contributed by atoms with van der Waals surface area (Å²) in [4.78, 5) is 21.7. The van der Waals surface area contributed by atoms with E-state index in [2.05, 4.69) is 20.5 Å². The summed E-state index contributed by atoms with van der Waals surface area (Å²) in [5.74, 6) is -0.0423. The molecular formula is C20H26Cl2FN5O. The second-order valence-corrected chi connectivity index (χ2v) is 6.98. The fraction of sp³-hybridized carbons (Fsp3) is 0.400. The Balaban J connectivity index is 0.00000150. The number of carbonyl (C=O) groups excluding carboxylic acids is 1. The lowest BCUT2D eigenvalue weighted by Gasteiger charge is -2.32. The van der Waals surface area contributed by atoms with E-state index in [4.69, 9.17) is 0 Å². The van der Waals surface area contributed by atoms with E-state index >= 15 is 0 Å². The van der Waals surface area contributed by atoms with Gasteiger partial charge in [0.25, 0.3) is 5.91 Å². The molecule has 2 aromatic rings. The van der Waals surface area contributed by atoms with Gasteiger partial charge in [0.15, 0.2) is 0 Å². The van der Waals surface area contributed by atoms with E-state index < -0.39 is 0 Å². The van der Waals surface area contributed by atoms with Crippen molar-refractivity contribution in [3.8, 4) is 0 Å². The minimum Gasteiger partial charge on any atom is -0.337 e. The van der Waals surface area contributed by atoms with Crippen molar-refractivity contribution in [3.05, 3.63) is 54.0 Å². The van der Waals surface area contributed by atoms with Crippen molar-refractivity contribution in [2.75, 3.05) is 44.6 Å². The third-order valence-electron chi connectivity index (χ3n) is 5.28. The summed E-state index contributed by atoms with van der Waals surface area (Å²) in [7, 11) is 0. The number of rotatable bonds is 4. The number of halogens is 3. The first-order valence-electron chi connectivity index (χ1n) is 9.43. The van der Waals surface area contributed by atoms with E-state index in [0.29, 0.717) is 23.1 Å². The number of para-hydroxylation sites is 1. The Morgan fingerprint density at radius 2 is 1.86 bits per heavy atom. The van der Waals surface area contributed by atoms with Crippen LogP contribution in [-0.4, -0.2) is 66.0 Å². The van der Waals surface area contributed by atoms with Crippen LogP contribution in [0.1, 0.15) is 16.8 Å². The van der Waals surface area contributed by atoms with E-state index in [1.54, 1.807) is 36.5 Å². The van der Waals surface area contributed by atoms with Crippen molar-refractivity contribution < 1.29 is 9.18 Å². The van der Waals surface area contributed by atoms with Crippen LogP contribution in [-0.2, 0) is 0 Å². The van der Waals surface area contributed by atoms with E-state index in [9.17, 15) is 9.18 Å². The number of hydrogen-bond donors (Lipinski definition) is 2. The van der Waals surface area contributed by atoms with Crippen LogP contribution in [0.15, 0.2) is 42.6 Å². The van der Waals surface area contributed by atoms with Gasteiger partial charge in [-0.2, -0.15) is 0 Å². The van der Waals surface area contributed by atoms with Crippen LogP contribution in [0.4, 0.5) is 15.9 Å². The van der Waals surface area contributed by atoms with Crippen molar-refractivity contribution in [3.63, 3.8) is 0 Å². The summed E-state index contributed by atoms with van der Waals surface area (Å²) in [6.07, 6.45) is 2.59. The van der Waals surface area contributed by atoms with Gasteiger partial charge in [0.2, 0.25) is 0 Å². The second-order valence-electron chi connectivity index (χ2n) is 6.98. The Morgan fingerprint density at radius 3 is 2.62 bits per heavy atom. The third kappa shape index (κ3) is 5.36. The van der Waals surface area contributed by atoms with Gasteiger partial charge in [-0.3, -0.25) is 9.69 Å². The zero-order valence-electron chi connectivity index (χ0n) is 16.0. The topological polar surface area (TPSA) is 60.5 Å². The predicted molar refractivity (Wildman–Crippen MR) is 117 cm³/mol. The smallest absolute Gasteiger partial charge is 0.257 e. The molecule has 1 atom stereocenters. The van der Waals surface area contributed by atoms with Crippen LogP contribution in [0.3, 0.4) is 0 Å². The minimum atomic E-state index is -0.374. The van der Waals surface area contributed by atoms with Gasteiger partial charge >= 0.3 is 0 Å². The molecule has 2 aliphatic rings. The van der Waals surface area contributed by atoms with Crippen molar-refractivity contribution in [2.24, 2.45) is 0 Å². The number of carbonyl (C=O) groups is 1. The van der Waals surface area contributed by atoms with Gasteiger partial charge < -0.3 is 15.5 Å². The highest BCUT2D eigenvalue weighted by Gasteiger charge is 2.32. The first-order valence-corrected chi connectivity index (χ1v) is 9.43. The number of nitrogens with zero attached hydrogens (tertiary/aromatic N) is 3. The van der Waals surface area contributed by atoms with E-state index in [-0.39, 0.29) is 36.5 Å². The number of aromatic nitrogens is 1. The molecule has 6 nitrogen and oxygen atoms in total. The normalized spacial score (nSPS) is 19.2. The Bertz CT molecular complexity index is 819. The quantitative estimate of drug-likeness (QED) is 0.763.